The van der Waals surface area contributed by atoms with Crippen LogP contribution in [-0.2, 0) is 0 Å². The molecule has 4 aromatic rings. The second kappa shape index (κ2) is 8.95. The summed E-state index contributed by atoms with van der Waals surface area (Å²) in [5, 5.41) is 6.40. The molecule has 2 amide bonds. The number of pyridine rings is 1. The molecule has 0 aliphatic carbocycles. The summed E-state index contributed by atoms with van der Waals surface area (Å²) in [5.41, 5.74) is 3.96. The van der Waals surface area contributed by atoms with E-state index in [1.54, 1.807) is 31.3 Å². The van der Waals surface area contributed by atoms with E-state index in [1.807, 2.05) is 58.0 Å². The van der Waals surface area contributed by atoms with Crippen molar-refractivity contribution in [1.29, 1.82) is 0 Å². The van der Waals surface area contributed by atoms with E-state index >= 15 is 0 Å². The van der Waals surface area contributed by atoms with Crippen LogP contribution >= 0.6 is 11.6 Å². The third-order valence-corrected chi connectivity index (χ3v) is 5.62. The van der Waals surface area contributed by atoms with Crippen LogP contribution in [0.2, 0.25) is 5.15 Å². The number of carbonyl (C=O) groups is 2. The van der Waals surface area contributed by atoms with Crippen molar-refractivity contribution in [1.82, 2.24) is 15.6 Å². The fraction of sp³-hybridized carbons (Fsp3) is 0.222. The standard InChI is InChI=1S/C27H26ClN3O3/c1-15-9-11-16(12-10-15)22-21(25(33)29-5)20-14-19(23(28)30-26(20)34-22)17-7-6-8-18(13-17)24(32)31-27(2,3)4/h6-14H,1-5H3,(H,29,33)(H,31,32). The molecule has 0 aliphatic rings. The van der Waals surface area contributed by atoms with Crippen LogP contribution in [0.25, 0.3) is 33.6 Å². The molecule has 34 heavy (non-hydrogen) atoms. The van der Waals surface area contributed by atoms with Crippen molar-refractivity contribution in [3.8, 4) is 22.5 Å². The molecular weight excluding hydrogens is 450 g/mol. The number of furan rings is 1. The zero-order valence-electron chi connectivity index (χ0n) is 19.7. The quantitative estimate of drug-likeness (QED) is 0.354. The molecule has 0 aliphatic heterocycles. The Morgan fingerprint density at radius 3 is 2.32 bits per heavy atom. The number of rotatable bonds is 4. The molecule has 6 nitrogen and oxygen atoms in total. The van der Waals surface area contributed by atoms with E-state index in [-0.39, 0.29) is 28.2 Å². The van der Waals surface area contributed by atoms with Gasteiger partial charge in [0.2, 0.25) is 5.71 Å². The van der Waals surface area contributed by atoms with Gasteiger partial charge in [-0.05, 0) is 51.5 Å². The van der Waals surface area contributed by atoms with Crippen LogP contribution in [0.5, 0.6) is 0 Å². The highest BCUT2D eigenvalue weighted by molar-refractivity contribution is 6.32. The van der Waals surface area contributed by atoms with E-state index in [9.17, 15) is 9.59 Å². The molecule has 0 spiro atoms. The van der Waals surface area contributed by atoms with Gasteiger partial charge in [-0.3, -0.25) is 9.59 Å². The highest BCUT2D eigenvalue weighted by Gasteiger charge is 2.24. The number of hydrogen-bond acceptors (Lipinski definition) is 4. The van der Waals surface area contributed by atoms with Crippen LogP contribution in [0.4, 0.5) is 0 Å². The van der Waals surface area contributed by atoms with Crippen molar-refractivity contribution in [2.24, 2.45) is 0 Å². The predicted octanol–water partition coefficient (Wildman–Crippen LogP) is 6.01. The number of halogens is 1. The molecule has 174 valence electrons. The molecule has 4 rings (SSSR count). The maximum Gasteiger partial charge on any atom is 0.255 e. The fourth-order valence-electron chi connectivity index (χ4n) is 3.70. The van der Waals surface area contributed by atoms with Gasteiger partial charge in [-0.1, -0.05) is 53.6 Å². The van der Waals surface area contributed by atoms with Crippen molar-refractivity contribution in [2.75, 3.05) is 7.05 Å². The molecule has 7 heteroatoms. The topological polar surface area (TPSA) is 84.2 Å². The van der Waals surface area contributed by atoms with E-state index in [1.165, 1.54) is 0 Å². The first-order valence-corrected chi connectivity index (χ1v) is 11.3. The third kappa shape index (κ3) is 4.68. The molecule has 0 saturated carbocycles. The first-order chi connectivity index (χ1) is 16.1. The zero-order valence-corrected chi connectivity index (χ0v) is 20.5. The Morgan fingerprint density at radius 2 is 1.68 bits per heavy atom. The Kier molecular flexibility index (Phi) is 6.19. The number of amides is 2. The Labute approximate surface area is 203 Å². The van der Waals surface area contributed by atoms with Gasteiger partial charge in [0.15, 0.2) is 0 Å². The number of fused-ring (bicyclic) bond motifs is 1. The van der Waals surface area contributed by atoms with Gasteiger partial charge in [0, 0.05) is 29.3 Å². The fourth-order valence-corrected chi connectivity index (χ4v) is 3.94. The lowest BCUT2D eigenvalue weighted by molar-refractivity contribution is 0.0918. The number of aromatic nitrogens is 1. The summed E-state index contributed by atoms with van der Waals surface area (Å²) in [6.45, 7) is 7.77. The van der Waals surface area contributed by atoms with Crippen molar-refractivity contribution < 1.29 is 14.0 Å². The van der Waals surface area contributed by atoms with Gasteiger partial charge in [0.25, 0.3) is 11.8 Å². The number of benzene rings is 2. The minimum atomic E-state index is -0.364. The Hall–Kier alpha value is -3.64. The summed E-state index contributed by atoms with van der Waals surface area (Å²) in [6.07, 6.45) is 0. The molecule has 2 aromatic heterocycles. The van der Waals surface area contributed by atoms with Gasteiger partial charge in [-0.15, -0.1) is 0 Å². The minimum absolute atomic E-state index is 0.185. The summed E-state index contributed by atoms with van der Waals surface area (Å²) >= 11 is 6.55. The largest absolute Gasteiger partial charge is 0.437 e. The van der Waals surface area contributed by atoms with E-state index in [0.29, 0.717) is 33.4 Å². The van der Waals surface area contributed by atoms with Crippen LogP contribution in [-0.4, -0.2) is 29.4 Å². The molecule has 2 aromatic carbocycles. The summed E-state index contributed by atoms with van der Waals surface area (Å²) in [4.78, 5) is 30.0. The Balaban J connectivity index is 1.87. The average Bonchev–Trinajstić information content (AvgIpc) is 3.15. The van der Waals surface area contributed by atoms with Gasteiger partial charge in [0.05, 0.1) is 10.9 Å². The smallest absolute Gasteiger partial charge is 0.255 e. The van der Waals surface area contributed by atoms with Crippen molar-refractivity contribution in [3.05, 3.63) is 76.4 Å². The maximum absolute atomic E-state index is 12.9. The first-order valence-electron chi connectivity index (χ1n) is 10.9. The lowest BCUT2D eigenvalue weighted by Crippen LogP contribution is -2.40. The second-order valence-electron chi connectivity index (χ2n) is 9.22. The van der Waals surface area contributed by atoms with E-state index in [2.05, 4.69) is 15.6 Å². The van der Waals surface area contributed by atoms with Gasteiger partial charge in [0.1, 0.15) is 10.9 Å². The summed E-state index contributed by atoms with van der Waals surface area (Å²) in [5.74, 6) is -0.0494. The molecule has 0 radical (unpaired) electrons. The Bertz CT molecular complexity index is 1400. The minimum Gasteiger partial charge on any atom is -0.437 e. The van der Waals surface area contributed by atoms with Crippen LogP contribution in [0, 0.1) is 6.92 Å². The monoisotopic (exact) mass is 475 g/mol. The summed E-state index contributed by atoms with van der Waals surface area (Å²) in [6, 6.07) is 16.6. The molecule has 0 atom stereocenters. The van der Waals surface area contributed by atoms with Crippen LogP contribution in [0.1, 0.15) is 47.1 Å². The average molecular weight is 476 g/mol. The number of nitrogens with one attached hydrogen (secondary N) is 2. The predicted molar refractivity (Wildman–Crippen MR) is 135 cm³/mol. The number of nitrogens with zero attached hydrogens (tertiary/aromatic N) is 1. The van der Waals surface area contributed by atoms with Gasteiger partial charge in [-0.2, -0.15) is 0 Å². The number of aryl methyl sites for hydroxylation is 1. The van der Waals surface area contributed by atoms with Crippen molar-refractivity contribution >= 4 is 34.5 Å². The Morgan fingerprint density at radius 1 is 0.971 bits per heavy atom. The SMILES string of the molecule is CNC(=O)c1c(-c2ccc(C)cc2)oc2nc(Cl)c(-c3cccc(C(=O)NC(C)(C)C)c3)cc12. The first kappa shape index (κ1) is 23.5. The van der Waals surface area contributed by atoms with E-state index < -0.39 is 0 Å². The molecule has 0 fully saturated rings. The number of carbonyl (C=O) groups excluding carboxylic acids is 2. The molecular formula is C27H26ClN3O3. The maximum atomic E-state index is 12.9. The molecule has 0 unspecified atom stereocenters. The summed E-state index contributed by atoms with van der Waals surface area (Å²) < 4.78 is 6.02. The number of hydrogen-bond donors (Lipinski definition) is 2. The zero-order chi connectivity index (χ0) is 24.6. The normalized spacial score (nSPS) is 11.5. The van der Waals surface area contributed by atoms with Crippen molar-refractivity contribution in [2.45, 2.75) is 33.2 Å². The van der Waals surface area contributed by atoms with Crippen LogP contribution in [0.15, 0.2) is 59.0 Å². The third-order valence-electron chi connectivity index (χ3n) is 5.33. The molecule has 2 heterocycles. The van der Waals surface area contributed by atoms with Gasteiger partial charge >= 0.3 is 0 Å². The lowest BCUT2D eigenvalue weighted by atomic mass is 10.00. The van der Waals surface area contributed by atoms with Crippen LogP contribution in [0.3, 0.4) is 0 Å². The molecule has 2 N–H and O–H groups in total. The van der Waals surface area contributed by atoms with Crippen molar-refractivity contribution in [3.63, 3.8) is 0 Å². The summed E-state index contributed by atoms with van der Waals surface area (Å²) in [7, 11) is 1.57. The lowest BCUT2D eigenvalue weighted by Gasteiger charge is -2.20. The highest BCUT2D eigenvalue weighted by atomic mass is 35.5. The molecule has 0 bridgehead atoms. The van der Waals surface area contributed by atoms with E-state index in [4.69, 9.17) is 16.0 Å². The van der Waals surface area contributed by atoms with Gasteiger partial charge in [-0.25, -0.2) is 4.98 Å². The molecule has 0 saturated heterocycles. The van der Waals surface area contributed by atoms with E-state index in [0.717, 1.165) is 11.1 Å². The van der Waals surface area contributed by atoms with Crippen LogP contribution < -0.4 is 10.6 Å². The second-order valence-corrected chi connectivity index (χ2v) is 9.57. The highest BCUT2D eigenvalue weighted by Crippen LogP contribution is 2.37. The van der Waals surface area contributed by atoms with Gasteiger partial charge < -0.3 is 15.1 Å².